The molecule has 4 aromatic carbocycles. The van der Waals surface area contributed by atoms with Gasteiger partial charge in [-0.25, -0.2) is 0 Å². The van der Waals surface area contributed by atoms with Gasteiger partial charge in [-0.1, -0.05) is 121 Å². The van der Waals surface area contributed by atoms with Crippen molar-refractivity contribution < 1.29 is 40.2 Å². The molecule has 0 radical (unpaired) electrons. The van der Waals surface area contributed by atoms with Gasteiger partial charge in [0.05, 0.1) is 11.9 Å². The smallest absolute Gasteiger partial charge is 0.545 e. The number of benzene rings is 4. The number of carbonyl (C=O) groups excluding carboxylic acids is 2. The molecular formula is C32H26O4Pd. The molecule has 0 aromatic heterocycles. The number of carboxylic acids is 2. The number of hydrogen-bond acceptors (Lipinski definition) is 4. The van der Waals surface area contributed by atoms with E-state index in [1.54, 1.807) is 12.2 Å². The van der Waals surface area contributed by atoms with Crippen LogP contribution in [0.25, 0.3) is 12.2 Å². The average molecular weight is 581 g/mol. The number of aliphatic carboxylic acids is 2. The molecule has 0 saturated heterocycles. The van der Waals surface area contributed by atoms with Crippen molar-refractivity contribution in [1.82, 2.24) is 0 Å². The first kappa shape index (κ1) is 29.2. The van der Waals surface area contributed by atoms with Gasteiger partial charge in [0.25, 0.3) is 0 Å². The SMILES string of the molecule is O=C([O-])C(=Cc1ccccc1)Cc1ccccc1.O=C([O-])C(=Cc1ccccc1)Cc1ccccc1.[Pd+2]. The van der Waals surface area contributed by atoms with Gasteiger partial charge in [0.15, 0.2) is 0 Å². The van der Waals surface area contributed by atoms with Crippen LogP contribution in [-0.2, 0) is 42.9 Å². The fraction of sp³-hybridized carbons (Fsp3) is 0.0625. The summed E-state index contributed by atoms with van der Waals surface area (Å²) in [5, 5.41) is 22.3. The molecule has 0 aliphatic heterocycles. The van der Waals surface area contributed by atoms with Crippen molar-refractivity contribution in [2.45, 2.75) is 12.8 Å². The zero-order valence-electron chi connectivity index (χ0n) is 20.1. The van der Waals surface area contributed by atoms with Gasteiger partial charge >= 0.3 is 20.4 Å². The molecule has 0 bridgehead atoms. The minimum Gasteiger partial charge on any atom is -0.545 e. The third-order valence-corrected chi connectivity index (χ3v) is 5.28. The van der Waals surface area contributed by atoms with Gasteiger partial charge in [-0.2, -0.15) is 0 Å². The Morgan fingerprint density at radius 2 is 0.757 bits per heavy atom. The molecule has 0 N–H and O–H groups in total. The van der Waals surface area contributed by atoms with Gasteiger partial charge in [0.1, 0.15) is 0 Å². The maximum atomic E-state index is 11.1. The number of carboxylic acid groups (broad SMARTS) is 2. The Bertz CT molecular complexity index is 1200. The number of carbonyl (C=O) groups is 2. The summed E-state index contributed by atoms with van der Waals surface area (Å²) >= 11 is 0. The fourth-order valence-electron chi connectivity index (χ4n) is 3.50. The molecule has 4 aromatic rings. The van der Waals surface area contributed by atoms with E-state index in [0.717, 1.165) is 22.3 Å². The number of rotatable bonds is 8. The topological polar surface area (TPSA) is 80.3 Å². The van der Waals surface area contributed by atoms with Crippen LogP contribution < -0.4 is 10.2 Å². The Morgan fingerprint density at radius 3 is 1.03 bits per heavy atom. The molecule has 0 aliphatic carbocycles. The van der Waals surface area contributed by atoms with Crippen molar-refractivity contribution in [3.63, 3.8) is 0 Å². The molecule has 4 nitrogen and oxygen atoms in total. The Labute approximate surface area is 231 Å². The minimum absolute atomic E-state index is 0. The fourth-order valence-corrected chi connectivity index (χ4v) is 3.50. The second kappa shape index (κ2) is 15.9. The maximum Gasteiger partial charge on any atom is 2.00 e. The second-order valence-electron chi connectivity index (χ2n) is 8.06. The van der Waals surface area contributed by atoms with Crippen molar-refractivity contribution in [1.29, 1.82) is 0 Å². The zero-order chi connectivity index (χ0) is 25.6. The van der Waals surface area contributed by atoms with E-state index < -0.39 is 11.9 Å². The third kappa shape index (κ3) is 10.6. The van der Waals surface area contributed by atoms with Crippen molar-refractivity contribution in [3.8, 4) is 0 Å². The van der Waals surface area contributed by atoms with Crippen molar-refractivity contribution in [2.24, 2.45) is 0 Å². The van der Waals surface area contributed by atoms with Crippen LogP contribution in [0.5, 0.6) is 0 Å². The van der Waals surface area contributed by atoms with Gasteiger partial charge in [0, 0.05) is 0 Å². The minimum atomic E-state index is -1.12. The molecule has 188 valence electrons. The quantitative estimate of drug-likeness (QED) is 0.232. The Hall–Kier alpha value is -4.04. The largest absolute Gasteiger partial charge is 2.00 e. The van der Waals surface area contributed by atoms with E-state index in [1.165, 1.54) is 0 Å². The van der Waals surface area contributed by atoms with Crippen LogP contribution in [0.1, 0.15) is 22.3 Å². The van der Waals surface area contributed by atoms with Gasteiger partial charge in [0.2, 0.25) is 0 Å². The molecule has 37 heavy (non-hydrogen) atoms. The van der Waals surface area contributed by atoms with E-state index in [0.29, 0.717) is 12.8 Å². The standard InChI is InChI=1S/2C16H14O2.Pd/c2*17-16(18)15(11-13-7-3-1-4-8-13)12-14-9-5-2-6-10-14;/h2*1-11H,12H2,(H,17,18);/q;;+2/p-2. The Kier molecular flexibility index (Phi) is 12.5. The average Bonchev–Trinajstić information content (AvgIpc) is 2.91. The van der Waals surface area contributed by atoms with Crippen molar-refractivity contribution in [2.75, 3.05) is 0 Å². The van der Waals surface area contributed by atoms with Crippen molar-refractivity contribution in [3.05, 3.63) is 155 Å². The molecule has 0 spiro atoms. The van der Waals surface area contributed by atoms with Gasteiger partial charge in [-0.15, -0.1) is 0 Å². The summed E-state index contributed by atoms with van der Waals surface area (Å²) in [6.07, 6.45) is 4.06. The molecule has 0 amide bonds. The maximum absolute atomic E-state index is 11.1. The monoisotopic (exact) mass is 580 g/mol. The normalized spacial score (nSPS) is 10.9. The summed E-state index contributed by atoms with van der Waals surface area (Å²) in [6, 6.07) is 37.8. The van der Waals surface area contributed by atoms with Crippen LogP contribution >= 0.6 is 0 Å². The summed E-state index contributed by atoms with van der Waals surface area (Å²) in [6.45, 7) is 0. The first-order valence-electron chi connectivity index (χ1n) is 11.5. The zero-order valence-corrected chi connectivity index (χ0v) is 21.6. The first-order chi connectivity index (χ1) is 17.5. The van der Waals surface area contributed by atoms with Crippen LogP contribution in [0.2, 0.25) is 0 Å². The van der Waals surface area contributed by atoms with E-state index >= 15 is 0 Å². The van der Waals surface area contributed by atoms with Crippen molar-refractivity contribution >= 4 is 24.1 Å². The molecule has 0 aliphatic rings. The summed E-state index contributed by atoms with van der Waals surface area (Å²) in [5.74, 6) is -2.24. The van der Waals surface area contributed by atoms with E-state index in [2.05, 4.69) is 0 Å². The molecule has 5 heteroatoms. The summed E-state index contributed by atoms with van der Waals surface area (Å²) < 4.78 is 0. The molecule has 4 rings (SSSR count). The molecule has 0 heterocycles. The molecule has 0 unspecified atom stereocenters. The predicted octanol–water partition coefficient (Wildman–Crippen LogP) is 4.12. The molecular weight excluding hydrogens is 555 g/mol. The Balaban J connectivity index is 0.000000253. The molecule has 0 saturated carbocycles. The van der Waals surface area contributed by atoms with E-state index in [9.17, 15) is 19.8 Å². The molecule has 0 fully saturated rings. The van der Waals surface area contributed by atoms with Crippen LogP contribution in [0.4, 0.5) is 0 Å². The van der Waals surface area contributed by atoms with Crippen LogP contribution in [0.15, 0.2) is 132 Å². The number of hydrogen-bond donors (Lipinski definition) is 0. The summed E-state index contributed by atoms with van der Waals surface area (Å²) in [4.78, 5) is 22.3. The van der Waals surface area contributed by atoms with Crippen LogP contribution in [0, 0.1) is 0 Å². The van der Waals surface area contributed by atoms with E-state index in [1.807, 2.05) is 121 Å². The summed E-state index contributed by atoms with van der Waals surface area (Å²) in [5.41, 5.74) is 4.23. The Morgan fingerprint density at radius 1 is 0.486 bits per heavy atom. The van der Waals surface area contributed by atoms with Crippen LogP contribution in [0.3, 0.4) is 0 Å². The van der Waals surface area contributed by atoms with Gasteiger partial charge in [-0.3, -0.25) is 0 Å². The third-order valence-electron chi connectivity index (χ3n) is 5.28. The first-order valence-corrected chi connectivity index (χ1v) is 11.5. The predicted molar refractivity (Wildman–Crippen MR) is 139 cm³/mol. The molecule has 0 atom stereocenters. The second-order valence-corrected chi connectivity index (χ2v) is 8.06. The van der Waals surface area contributed by atoms with E-state index in [-0.39, 0.29) is 31.6 Å². The van der Waals surface area contributed by atoms with E-state index in [4.69, 9.17) is 0 Å². The summed E-state index contributed by atoms with van der Waals surface area (Å²) in [7, 11) is 0. The van der Waals surface area contributed by atoms with Crippen LogP contribution in [-0.4, -0.2) is 11.9 Å². The van der Waals surface area contributed by atoms with Gasteiger partial charge in [-0.05, 0) is 58.4 Å². The van der Waals surface area contributed by atoms with Gasteiger partial charge < -0.3 is 19.8 Å².